The van der Waals surface area contributed by atoms with Gasteiger partial charge in [0.05, 0.1) is 19.5 Å². The van der Waals surface area contributed by atoms with Crippen LogP contribution in [-0.2, 0) is 32.0 Å². The average Bonchev–Trinajstić information content (AvgIpc) is 3.38. The van der Waals surface area contributed by atoms with Gasteiger partial charge < -0.3 is 50.5 Å². The molecule has 2 aromatic rings. The number of rotatable bonds is 9. The Kier molecular flexibility index (Phi) is 8.58. The van der Waals surface area contributed by atoms with Gasteiger partial charge in [-0.25, -0.2) is 18.5 Å². The number of fused-ring (bicyclic) bond motifs is 1. The number of nitrogen functional groups attached to an aromatic ring is 1. The van der Waals surface area contributed by atoms with Crippen LogP contribution in [0.25, 0.3) is 11.2 Å². The Labute approximate surface area is 215 Å². The number of phosphoric ester groups is 2. The molecule has 0 amide bonds. The van der Waals surface area contributed by atoms with Gasteiger partial charge in [-0.3, -0.25) is 23.4 Å². The van der Waals surface area contributed by atoms with E-state index in [2.05, 4.69) is 28.3 Å². The molecule has 0 saturated carbocycles. The highest BCUT2D eigenvalue weighted by Gasteiger charge is 2.50. The largest absolute Gasteiger partial charge is 0.483 e. The number of nitrogens with one attached hydrogen (secondary N) is 1. The molecule has 39 heavy (non-hydrogen) atoms. The second-order valence-corrected chi connectivity index (χ2v) is 11.4. The van der Waals surface area contributed by atoms with Crippen LogP contribution < -0.4 is 11.3 Å². The Bertz CT molecular complexity index is 1340. The number of aromatic nitrogens is 4. The molecule has 2 fully saturated rings. The summed E-state index contributed by atoms with van der Waals surface area (Å²) in [6, 6.07) is 0. The van der Waals surface area contributed by atoms with Crippen LogP contribution in [0.1, 0.15) is 6.23 Å². The number of halogens is 1. The summed E-state index contributed by atoms with van der Waals surface area (Å²) in [7, 11) is -11.2. The SMILES string of the molecule is Nc1nc2c(ncn2[C@@H]2O[C@H](COP(=O)(O)OP(=O)(O)O[C@H]3O[C@H](CO)[C@@H](O)[C@H](O)[C@@H]3F)[C@@H](O)[C@H]2O)c(=O)[nH]1. The first kappa shape index (κ1) is 30.0. The maximum atomic E-state index is 14.2. The summed E-state index contributed by atoms with van der Waals surface area (Å²) in [5, 5.41) is 49.1. The van der Waals surface area contributed by atoms with Gasteiger partial charge in [-0.2, -0.15) is 9.29 Å². The monoisotopic (exact) mass is 607 g/mol. The fourth-order valence-corrected chi connectivity index (χ4v) is 5.98. The average molecular weight is 607 g/mol. The van der Waals surface area contributed by atoms with Gasteiger partial charge in [-0.1, -0.05) is 0 Å². The normalized spacial score (nSPS) is 36.6. The second kappa shape index (κ2) is 11.1. The third-order valence-electron chi connectivity index (χ3n) is 5.71. The van der Waals surface area contributed by atoms with E-state index in [1.54, 1.807) is 0 Å². The predicted octanol–water partition coefficient (Wildman–Crippen LogP) is -3.65. The maximum absolute atomic E-state index is 14.2. The van der Waals surface area contributed by atoms with Gasteiger partial charge in [0.2, 0.25) is 12.2 Å². The lowest BCUT2D eigenvalue weighted by Gasteiger charge is -2.38. The first-order chi connectivity index (χ1) is 18.1. The van der Waals surface area contributed by atoms with Crippen LogP contribution in [0.2, 0.25) is 0 Å². The molecule has 11 atom stereocenters. The van der Waals surface area contributed by atoms with Crippen molar-refractivity contribution >= 4 is 32.8 Å². The number of ether oxygens (including phenoxy) is 2. The number of H-pyrrole nitrogens is 1. The van der Waals surface area contributed by atoms with Gasteiger partial charge in [0.25, 0.3) is 5.56 Å². The third kappa shape index (κ3) is 6.21. The van der Waals surface area contributed by atoms with Crippen molar-refractivity contribution < 1.29 is 71.7 Å². The molecule has 0 bridgehead atoms. The summed E-state index contributed by atoms with van der Waals surface area (Å²) >= 11 is 0. The van der Waals surface area contributed by atoms with Crippen molar-refractivity contribution in [2.75, 3.05) is 18.9 Å². The molecule has 0 spiro atoms. The Morgan fingerprint density at radius 1 is 1.08 bits per heavy atom. The molecule has 2 unspecified atom stereocenters. The van der Waals surface area contributed by atoms with E-state index in [1.807, 2.05) is 0 Å². The number of hydrogen-bond acceptors (Lipinski definition) is 16. The van der Waals surface area contributed by atoms with Crippen molar-refractivity contribution in [1.29, 1.82) is 0 Å². The van der Waals surface area contributed by atoms with Crippen molar-refractivity contribution in [2.45, 2.75) is 55.3 Å². The quantitative estimate of drug-likeness (QED) is 0.124. The molecule has 10 N–H and O–H groups in total. The molecule has 2 aliphatic heterocycles. The number of alkyl halides is 1. The molecule has 2 aromatic heterocycles. The molecule has 4 rings (SSSR count). The number of nitrogens with zero attached hydrogens (tertiary/aromatic N) is 3. The van der Waals surface area contributed by atoms with Crippen molar-refractivity contribution in [3.8, 4) is 0 Å². The van der Waals surface area contributed by atoms with Crippen LogP contribution in [0.15, 0.2) is 11.1 Å². The van der Waals surface area contributed by atoms with E-state index in [0.29, 0.717) is 0 Å². The lowest BCUT2D eigenvalue weighted by Crippen LogP contribution is -2.57. The second-order valence-electron chi connectivity index (χ2n) is 8.39. The van der Waals surface area contributed by atoms with E-state index in [9.17, 15) is 48.5 Å². The Morgan fingerprint density at radius 3 is 2.41 bits per heavy atom. The number of anilines is 1. The number of aliphatic hydroxyl groups excluding tert-OH is 5. The first-order valence-corrected chi connectivity index (χ1v) is 13.8. The third-order valence-corrected chi connectivity index (χ3v) is 8.31. The number of hydrogen-bond donors (Lipinski definition) is 9. The zero-order valence-electron chi connectivity index (χ0n) is 19.3. The van der Waals surface area contributed by atoms with E-state index in [1.165, 1.54) is 0 Å². The number of phosphoric acid groups is 2. The number of aliphatic hydroxyl groups is 5. The molecule has 20 nitrogen and oxygen atoms in total. The molecule has 0 radical (unpaired) electrons. The predicted molar refractivity (Wildman–Crippen MR) is 119 cm³/mol. The van der Waals surface area contributed by atoms with Crippen LogP contribution >= 0.6 is 15.6 Å². The maximum Gasteiger partial charge on any atom is 0.483 e. The smallest absolute Gasteiger partial charge is 0.394 e. The van der Waals surface area contributed by atoms with Crippen LogP contribution in [0.3, 0.4) is 0 Å². The molecule has 0 aromatic carbocycles. The number of nitrogens with two attached hydrogens (primary N) is 1. The number of imidazole rings is 1. The molecule has 0 aliphatic carbocycles. The summed E-state index contributed by atoms with van der Waals surface area (Å²) in [6.45, 7) is -1.97. The van der Waals surface area contributed by atoms with Gasteiger partial charge >= 0.3 is 15.6 Å². The van der Waals surface area contributed by atoms with E-state index < -0.39 is 89.7 Å². The van der Waals surface area contributed by atoms with Crippen LogP contribution in [-0.4, -0.2) is 117 Å². The summed E-state index contributed by atoms with van der Waals surface area (Å²) < 4.78 is 62.8. The molecule has 2 saturated heterocycles. The van der Waals surface area contributed by atoms with Gasteiger partial charge in [-0.15, -0.1) is 0 Å². The van der Waals surface area contributed by atoms with Gasteiger partial charge in [-0.05, 0) is 0 Å². The van der Waals surface area contributed by atoms with Crippen LogP contribution in [0, 0.1) is 0 Å². The summed E-state index contributed by atoms with van der Waals surface area (Å²) in [4.78, 5) is 41.5. The van der Waals surface area contributed by atoms with Crippen molar-refractivity contribution in [1.82, 2.24) is 19.5 Å². The summed E-state index contributed by atoms with van der Waals surface area (Å²) in [5.74, 6) is -0.286. The zero-order valence-corrected chi connectivity index (χ0v) is 21.1. The lowest BCUT2D eigenvalue weighted by molar-refractivity contribution is -0.265. The van der Waals surface area contributed by atoms with E-state index in [-0.39, 0.29) is 17.1 Å². The fraction of sp³-hybridized carbons (Fsp3) is 0.688. The summed E-state index contributed by atoms with van der Waals surface area (Å²) in [5.41, 5.74) is 4.51. The highest BCUT2D eigenvalue weighted by molar-refractivity contribution is 7.61. The molecule has 2 aliphatic rings. The van der Waals surface area contributed by atoms with Crippen molar-refractivity contribution in [2.24, 2.45) is 0 Å². The topological polar surface area (TPSA) is 311 Å². The van der Waals surface area contributed by atoms with Crippen molar-refractivity contribution in [3.63, 3.8) is 0 Å². The molecule has 23 heteroatoms. The number of aromatic amines is 1. The van der Waals surface area contributed by atoms with Crippen LogP contribution in [0.5, 0.6) is 0 Å². The fourth-order valence-electron chi connectivity index (χ4n) is 3.83. The molecular formula is C16H24FN5O15P2. The van der Waals surface area contributed by atoms with Gasteiger partial charge in [0.15, 0.2) is 23.6 Å². The van der Waals surface area contributed by atoms with E-state index in [4.69, 9.17) is 20.3 Å². The zero-order chi connectivity index (χ0) is 28.9. The Balaban J connectivity index is 1.39. The van der Waals surface area contributed by atoms with Gasteiger partial charge in [0, 0.05) is 0 Å². The Morgan fingerprint density at radius 2 is 1.74 bits per heavy atom. The molecular weight excluding hydrogens is 583 g/mol. The highest BCUT2D eigenvalue weighted by Crippen LogP contribution is 2.61. The van der Waals surface area contributed by atoms with Crippen molar-refractivity contribution in [3.05, 3.63) is 16.7 Å². The standard InChI is InChI=1S/C16H24FN5O15P2/c17-6-10(26)8(24)4(1-23)35-15(6)36-39(31,32)37-38(29,30)33-2-5-9(25)11(27)14(34-5)22-3-19-7-12(22)20-16(18)21-13(7)28/h3-6,8-11,14-15,23-27H,1-2H2,(H,29,30)(H,31,32)(H3,18,20,21,28)/t4-,5-,6+,8-,9-,10-,11-,14-,15-/m1/s1. The minimum absolute atomic E-state index is 0.124. The minimum Gasteiger partial charge on any atom is -0.394 e. The molecule has 4 heterocycles. The van der Waals surface area contributed by atoms with E-state index >= 15 is 0 Å². The Hall–Kier alpha value is -1.94. The van der Waals surface area contributed by atoms with Crippen LogP contribution in [0.4, 0.5) is 10.3 Å². The minimum atomic E-state index is -5.68. The lowest BCUT2D eigenvalue weighted by atomic mass is 10.0. The molecule has 220 valence electrons. The summed E-state index contributed by atoms with van der Waals surface area (Å²) in [6.07, 6.45) is -16.2. The highest BCUT2D eigenvalue weighted by atomic mass is 31.3. The van der Waals surface area contributed by atoms with Gasteiger partial charge in [0.1, 0.15) is 36.6 Å². The first-order valence-electron chi connectivity index (χ1n) is 10.8. The van der Waals surface area contributed by atoms with E-state index in [0.717, 1.165) is 10.9 Å².